The van der Waals surface area contributed by atoms with Gasteiger partial charge in [-0.15, -0.1) is 0 Å². The van der Waals surface area contributed by atoms with Gasteiger partial charge in [0.1, 0.15) is 12.0 Å². The van der Waals surface area contributed by atoms with E-state index in [0.717, 1.165) is 25.7 Å². The van der Waals surface area contributed by atoms with E-state index in [1.165, 1.54) is 21.3 Å². The molecule has 2 aliphatic carbocycles. The van der Waals surface area contributed by atoms with E-state index in [-0.39, 0.29) is 17.8 Å². The first-order valence-corrected chi connectivity index (χ1v) is 12.1. The second kappa shape index (κ2) is 10.1. The maximum absolute atomic E-state index is 13.9. The average Bonchev–Trinajstić information content (AvgIpc) is 3.35. The summed E-state index contributed by atoms with van der Waals surface area (Å²) in [5.74, 6) is -2.49. The molecule has 1 N–H and O–H groups in total. The molecule has 3 aliphatic rings. The molecule has 0 radical (unpaired) electrons. The molecule has 0 saturated heterocycles. The van der Waals surface area contributed by atoms with E-state index in [2.05, 4.69) is 5.32 Å². The van der Waals surface area contributed by atoms with Crippen LogP contribution in [-0.4, -0.2) is 45.2 Å². The number of ether oxygens (including phenoxy) is 4. The van der Waals surface area contributed by atoms with E-state index in [9.17, 15) is 14.4 Å². The normalized spacial score (nSPS) is 24.6. The zero-order valence-electron chi connectivity index (χ0n) is 20.9. The second-order valence-electron chi connectivity index (χ2n) is 9.43. The highest BCUT2D eigenvalue weighted by molar-refractivity contribution is 6.12. The van der Waals surface area contributed by atoms with Crippen molar-refractivity contribution in [3.05, 3.63) is 46.3 Å². The zero-order valence-corrected chi connectivity index (χ0v) is 20.9. The number of dihydropyridines is 1. The number of ketones is 1. The van der Waals surface area contributed by atoms with Gasteiger partial charge in [0.15, 0.2) is 17.3 Å². The Morgan fingerprint density at radius 1 is 1.06 bits per heavy atom. The molecular weight excluding hydrogens is 450 g/mol. The number of benzene rings is 1. The van der Waals surface area contributed by atoms with Crippen molar-refractivity contribution >= 4 is 17.7 Å². The molecule has 188 valence electrons. The smallest absolute Gasteiger partial charge is 0.337 e. The zero-order chi connectivity index (χ0) is 25.3. The molecule has 0 aromatic heterocycles. The first-order chi connectivity index (χ1) is 16.8. The molecule has 1 heterocycles. The highest BCUT2D eigenvalue weighted by Crippen LogP contribution is 2.49. The number of rotatable bonds is 6. The van der Waals surface area contributed by atoms with Gasteiger partial charge in [-0.05, 0) is 51.0 Å². The third-order valence-corrected chi connectivity index (χ3v) is 7.28. The van der Waals surface area contributed by atoms with Crippen molar-refractivity contribution in [3.63, 3.8) is 0 Å². The fourth-order valence-corrected chi connectivity index (χ4v) is 5.62. The van der Waals surface area contributed by atoms with Gasteiger partial charge in [0.05, 0.1) is 32.8 Å². The molecule has 0 amide bonds. The summed E-state index contributed by atoms with van der Waals surface area (Å²) >= 11 is 0. The van der Waals surface area contributed by atoms with Gasteiger partial charge >= 0.3 is 11.9 Å². The summed E-state index contributed by atoms with van der Waals surface area (Å²) in [6, 6.07) is 5.37. The Balaban J connectivity index is 1.88. The lowest BCUT2D eigenvalue weighted by atomic mass is 9.69. The van der Waals surface area contributed by atoms with Crippen molar-refractivity contribution in [1.29, 1.82) is 0 Å². The number of nitrogens with one attached hydrogen (secondary N) is 1. The van der Waals surface area contributed by atoms with Gasteiger partial charge in [0.2, 0.25) is 0 Å². The third kappa shape index (κ3) is 4.42. The number of methoxy groups -OCH3 is 3. The minimum absolute atomic E-state index is 0.143. The van der Waals surface area contributed by atoms with Crippen molar-refractivity contribution in [2.24, 2.45) is 11.8 Å². The van der Waals surface area contributed by atoms with Crippen LogP contribution in [0, 0.1) is 11.8 Å². The van der Waals surface area contributed by atoms with Crippen LogP contribution in [0.3, 0.4) is 0 Å². The molecule has 3 atom stereocenters. The molecule has 8 heteroatoms. The Morgan fingerprint density at radius 2 is 1.77 bits per heavy atom. The number of carbonyl (C=O) groups excluding carboxylic acids is 3. The van der Waals surface area contributed by atoms with Gasteiger partial charge in [0.25, 0.3) is 0 Å². The number of hydrogen-bond donors (Lipinski definition) is 1. The number of esters is 2. The van der Waals surface area contributed by atoms with Crippen molar-refractivity contribution in [2.75, 3.05) is 21.3 Å². The van der Waals surface area contributed by atoms with Crippen LogP contribution in [0.2, 0.25) is 0 Å². The average molecular weight is 484 g/mol. The summed E-state index contributed by atoms with van der Waals surface area (Å²) in [4.78, 5) is 40.1. The maximum atomic E-state index is 13.9. The molecule has 1 aromatic carbocycles. The Kier molecular flexibility index (Phi) is 7.19. The second-order valence-corrected chi connectivity index (χ2v) is 9.43. The van der Waals surface area contributed by atoms with E-state index in [1.807, 2.05) is 19.9 Å². The molecule has 0 bridgehead atoms. The number of Topliss-reactive ketones (excluding diaryl/α,β-unsaturated/α-hetero) is 1. The van der Waals surface area contributed by atoms with E-state index in [4.69, 9.17) is 18.9 Å². The standard InChI is InChI=1S/C27H33NO7/c1-14-13-18-23(24(29)20(14)26(30)34-5)22(17-11-8-12-19(32-3)25(17)33-4)21(15(2)28-18)27(31)35-16-9-6-7-10-16/h8,11-12,14,16,20,22,28H,6-7,9-10,13H2,1-5H3/t14-,20-,22+/m0/s1. The highest BCUT2D eigenvalue weighted by Gasteiger charge is 2.48. The van der Waals surface area contributed by atoms with Crippen LogP contribution in [0.1, 0.15) is 57.4 Å². The van der Waals surface area contributed by atoms with E-state index in [1.54, 1.807) is 12.1 Å². The van der Waals surface area contributed by atoms with E-state index in [0.29, 0.717) is 46.0 Å². The quantitative estimate of drug-likeness (QED) is 0.482. The summed E-state index contributed by atoms with van der Waals surface area (Å²) in [5, 5.41) is 3.29. The van der Waals surface area contributed by atoms with Gasteiger partial charge in [-0.1, -0.05) is 19.1 Å². The van der Waals surface area contributed by atoms with Crippen LogP contribution >= 0.6 is 0 Å². The van der Waals surface area contributed by atoms with Gasteiger partial charge in [-0.3, -0.25) is 9.59 Å². The van der Waals surface area contributed by atoms with Crippen molar-refractivity contribution in [1.82, 2.24) is 5.32 Å². The van der Waals surface area contributed by atoms with Crippen molar-refractivity contribution in [3.8, 4) is 11.5 Å². The molecule has 0 unspecified atom stereocenters. The Labute approximate surface area is 205 Å². The number of allylic oxidation sites excluding steroid dienone is 3. The topological polar surface area (TPSA) is 100 Å². The monoisotopic (exact) mass is 483 g/mol. The molecule has 1 saturated carbocycles. The number of para-hydroxylation sites is 1. The Bertz CT molecular complexity index is 1100. The SMILES string of the molecule is COC(=O)[C@@H]1C(=O)C2=C(C[C@@H]1C)NC(C)=C(C(=O)OC1CCCC1)[C@H]2c1cccc(OC)c1OC. The fourth-order valence-electron chi connectivity index (χ4n) is 5.62. The Hall–Kier alpha value is -3.29. The fraction of sp³-hybridized carbons (Fsp3) is 0.519. The molecule has 1 fully saturated rings. The largest absolute Gasteiger partial charge is 0.493 e. The van der Waals surface area contributed by atoms with E-state index >= 15 is 0 Å². The van der Waals surface area contributed by atoms with Crippen LogP contribution in [0.5, 0.6) is 11.5 Å². The van der Waals surface area contributed by atoms with Crippen LogP contribution in [0.4, 0.5) is 0 Å². The first-order valence-electron chi connectivity index (χ1n) is 12.1. The summed E-state index contributed by atoms with van der Waals surface area (Å²) in [5.41, 5.74) is 2.64. The number of hydrogen-bond acceptors (Lipinski definition) is 8. The van der Waals surface area contributed by atoms with Gasteiger partial charge in [0, 0.05) is 22.5 Å². The molecule has 1 aromatic rings. The minimum atomic E-state index is -0.954. The van der Waals surface area contributed by atoms with Gasteiger partial charge in [-0.2, -0.15) is 0 Å². The minimum Gasteiger partial charge on any atom is -0.493 e. The summed E-state index contributed by atoms with van der Waals surface area (Å²) in [6.45, 7) is 3.67. The third-order valence-electron chi connectivity index (χ3n) is 7.28. The highest BCUT2D eigenvalue weighted by atomic mass is 16.5. The summed E-state index contributed by atoms with van der Waals surface area (Å²) < 4.78 is 22.1. The predicted octanol–water partition coefficient (Wildman–Crippen LogP) is 3.80. The lowest BCUT2D eigenvalue weighted by Gasteiger charge is -2.38. The lowest BCUT2D eigenvalue weighted by Crippen LogP contribution is -2.43. The van der Waals surface area contributed by atoms with Gasteiger partial charge < -0.3 is 24.3 Å². The van der Waals surface area contributed by atoms with Crippen molar-refractivity contribution in [2.45, 2.75) is 58.0 Å². The van der Waals surface area contributed by atoms with E-state index < -0.39 is 23.8 Å². The summed E-state index contributed by atoms with van der Waals surface area (Å²) in [6.07, 6.45) is 4.02. The van der Waals surface area contributed by atoms with Crippen LogP contribution in [-0.2, 0) is 23.9 Å². The first kappa shape index (κ1) is 24.8. The molecule has 0 spiro atoms. The lowest BCUT2D eigenvalue weighted by molar-refractivity contribution is -0.151. The predicted molar refractivity (Wildman–Crippen MR) is 128 cm³/mol. The molecule has 8 nitrogen and oxygen atoms in total. The van der Waals surface area contributed by atoms with Crippen LogP contribution in [0.25, 0.3) is 0 Å². The van der Waals surface area contributed by atoms with Gasteiger partial charge in [-0.25, -0.2) is 4.79 Å². The Morgan fingerprint density at radius 3 is 2.40 bits per heavy atom. The molecule has 35 heavy (non-hydrogen) atoms. The molecular formula is C27H33NO7. The molecule has 4 rings (SSSR count). The number of carbonyl (C=O) groups is 3. The molecule has 1 aliphatic heterocycles. The maximum Gasteiger partial charge on any atom is 0.337 e. The van der Waals surface area contributed by atoms with Crippen molar-refractivity contribution < 1.29 is 33.3 Å². The summed E-state index contributed by atoms with van der Waals surface area (Å²) in [7, 11) is 4.33. The van der Waals surface area contributed by atoms with Crippen LogP contribution < -0.4 is 14.8 Å². The van der Waals surface area contributed by atoms with Crippen LogP contribution in [0.15, 0.2) is 40.7 Å².